The summed E-state index contributed by atoms with van der Waals surface area (Å²) in [6, 6.07) is 8.07. The van der Waals surface area contributed by atoms with Crippen LogP contribution in [0, 0.1) is 0 Å². The van der Waals surface area contributed by atoms with E-state index < -0.39 is 12.0 Å². The third-order valence-corrected chi connectivity index (χ3v) is 3.30. The van der Waals surface area contributed by atoms with Crippen molar-refractivity contribution >= 4 is 11.9 Å². The van der Waals surface area contributed by atoms with E-state index in [9.17, 15) is 9.59 Å². The van der Waals surface area contributed by atoms with Crippen LogP contribution in [0.15, 0.2) is 42.7 Å². The number of rotatable bonds is 7. The highest BCUT2D eigenvalue weighted by atomic mass is 16.4. The Bertz CT molecular complexity index is 621. The topological polar surface area (TPSA) is 84.2 Å². The molecule has 6 nitrogen and oxygen atoms in total. The molecule has 22 heavy (non-hydrogen) atoms. The molecule has 116 valence electrons. The molecule has 2 rings (SSSR count). The second-order valence-corrected chi connectivity index (χ2v) is 5.05. The minimum Gasteiger partial charge on any atom is -0.480 e. The maximum Gasteiger partial charge on any atom is 0.326 e. The average molecular weight is 301 g/mol. The monoisotopic (exact) mass is 301 g/mol. The maximum absolute atomic E-state index is 12.1. The summed E-state index contributed by atoms with van der Waals surface area (Å²) in [6.07, 6.45) is 4.68. The third kappa shape index (κ3) is 4.18. The van der Waals surface area contributed by atoms with E-state index in [1.54, 1.807) is 23.0 Å². The van der Waals surface area contributed by atoms with Crippen LogP contribution in [0.25, 0.3) is 0 Å². The Morgan fingerprint density at radius 3 is 2.59 bits per heavy atom. The summed E-state index contributed by atoms with van der Waals surface area (Å²) in [6.45, 7) is 2.51. The largest absolute Gasteiger partial charge is 0.480 e. The third-order valence-electron chi connectivity index (χ3n) is 3.30. The van der Waals surface area contributed by atoms with E-state index in [0.29, 0.717) is 24.9 Å². The fourth-order valence-corrected chi connectivity index (χ4v) is 2.13. The zero-order valence-electron chi connectivity index (χ0n) is 12.4. The van der Waals surface area contributed by atoms with Crippen molar-refractivity contribution in [2.45, 2.75) is 32.4 Å². The predicted molar refractivity (Wildman–Crippen MR) is 81.6 cm³/mol. The molecule has 6 heteroatoms. The average Bonchev–Trinajstić information content (AvgIpc) is 3.00. The Morgan fingerprint density at radius 1 is 1.32 bits per heavy atom. The van der Waals surface area contributed by atoms with Gasteiger partial charge in [0.05, 0.1) is 6.54 Å². The molecule has 1 aromatic carbocycles. The molecule has 0 spiro atoms. The predicted octanol–water partition coefficient (Wildman–Crippen LogP) is 1.91. The molecule has 2 N–H and O–H groups in total. The van der Waals surface area contributed by atoms with Gasteiger partial charge in [-0.1, -0.05) is 25.5 Å². The molecule has 0 aliphatic heterocycles. The zero-order valence-corrected chi connectivity index (χ0v) is 12.4. The molecule has 0 aliphatic rings. The first-order valence-electron chi connectivity index (χ1n) is 7.20. The van der Waals surface area contributed by atoms with Crippen LogP contribution in [0.2, 0.25) is 0 Å². The van der Waals surface area contributed by atoms with E-state index in [4.69, 9.17) is 5.11 Å². The van der Waals surface area contributed by atoms with Gasteiger partial charge in [0.25, 0.3) is 5.91 Å². The minimum atomic E-state index is -1.01. The second-order valence-electron chi connectivity index (χ2n) is 5.05. The van der Waals surface area contributed by atoms with Gasteiger partial charge < -0.3 is 10.4 Å². The van der Waals surface area contributed by atoms with Crippen molar-refractivity contribution in [3.05, 3.63) is 53.9 Å². The molecule has 1 heterocycles. The minimum absolute atomic E-state index is 0.369. The first-order chi connectivity index (χ1) is 10.6. The molecule has 1 aromatic heterocycles. The number of carbonyl (C=O) groups is 2. The van der Waals surface area contributed by atoms with Gasteiger partial charge in [-0.05, 0) is 30.2 Å². The summed E-state index contributed by atoms with van der Waals surface area (Å²) in [5, 5.41) is 15.7. The first-order valence-corrected chi connectivity index (χ1v) is 7.20. The SMILES string of the molecule is CCCC(NC(=O)c1ccc(Cn2cccn2)cc1)C(=O)O. The van der Waals surface area contributed by atoms with Gasteiger partial charge in [-0.2, -0.15) is 5.10 Å². The molecule has 1 unspecified atom stereocenters. The molecule has 0 radical (unpaired) electrons. The van der Waals surface area contributed by atoms with Gasteiger partial charge in [0.1, 0.15) is 6.04 Å². The number of hydrogen-bond donors (Lipinski definition) is 2. The molecule has 2 aromatic rings. The van der Waals surface area contributed by atoms with Crippen molar-refractivity contribution in [2.75, 3.05) is 0 Å². The van der Waals surface area contributed by atoms with Crippen molar-refractivity contribution in [2.24, 2.45) is 0 Å². The van der Waals surface area contributed by atoms with Gasteiger partial charge in [-0.25, -0.2) is 4.79 Å². The zero-order chi connectivity index (χ0) is 15.9. The van der Waals surface area contributed by atoms with E-state index in [1.165, 1.54) is 0 Å². The number of carbonyl (C=O) groups excluding carboxylic acids is 1. The molecule has 0 saturated carbocycles. The second kappa shape index (κ2) is 7.40. The number of benzene rings is 1. The fourth-order valence-electron chi connectivity index (χ4n) is 2.13. The van der Waals surface area contributed by atoms with Crippen molar-refractivity contribution < 1.29 is 14.7 Å². The highest BCUT2D eigenvalue weighted by Gasteiger charge is 2.19. The molecule has 0 aliphatic carbocycles. The Hall–Kier alpha value is -2.63. The molecular weight excluding hydrogens is 282 g/mol. The van der Waals surface area contributed by atoms with Gasteiger partial charge in [0.2, 0.25) is 0 Å². The molecule has 0 saturated heterocycles. The molecule has 1 atom stereocenters. The van der Waals surface area contributed by atoms with Gasteiger partial charge in [0.15, 0.2) is 0 Å². The van der Waals surface area contributed by atoms with Crippen LogP contribution in [0.5, 0.6) is 0 Å². The molecule has 0 fully saturated rings. The van der Waals surface area contributed by atoms with Crippen molar-refractivity contribution in [1.29, 1.82) is 0 Å². The number of hydrogen-bond acceptors (Lipinski definition) is 3. The standard InChI is InChI=1S/C16H19N3O3/c1-2-4-14(16(21)22)18-15(20)13-7-5-12(6-8-13)11-19-10-3-9-17-19/h3,5-10,14H,2,4,11H2,1H3,(H,18,20)(H,21,22). The van der Waals surface area contributed by atoms with Crippen LogP contribution in [-0.4, -0.2) is 32.8 Å². The van der Waals surface area contributed by atoms with Gasteiger partial charge in [-0.3, -0.25) is 9.48 Å². The van der Waals surface area contributed by atoms with Gasteiger partial charge >= 0.3 is 5.97 Å². The lowest BCUT2D eigenvalue weighted by atomic mass is 10.1. The lowest BCUT2D eigenvalue weighted by Gasteiger charge is -2.13. The molecule has 0 bridgehead atoms. The van der Waals surface area contributed by atoms with E-state index >= 15 is 0 Å². The van der Waals surface area contributed by atoms with Crippen LogP contribution in [0.3, 0.4) is 0 Å². The Kier molecular flexibility index (Phi) is 5.30. The Morgan fingerprint density at radius 2 is 2.05 bits per heavy atom. The van der Waals surface area contributed by atoms with Crippen molar-refractivity contribution in [3.8, 4) is 0 Å². The van der Waals surface area contributed by atoms with Crippen LogP contribution < -0.4 is 5.32 Å². The Labute approximate surface area is 128 Å². The molecular formula is C16H19N3O3. The summed E-state index contributed by atoms with van der Waals surface area (Å²) in [7, 11) is 0. The summed E-state index contributed by atoms with van der Waals surface area (Å²) in [5.74, 6) is -1.38. The number of aliphatic carboxylic acids is 1. The lowest BCUT2D eigenvalue weighted by Crippen LogP contribution is -2.40. The highest BCUT2D eigenvalue weighted by molar-refractivity contribution is 5.96. The van der Waals surface area contributed by atoms with Gasteiger partial charge in [-0.15, -0.1) is 0 Å². The number of carboxylic acids is 1. The van der Waals surface area contributed by atoms with E-state index in [-0.39, 0.29) is 5.91 Å². The number of nitrogens with one attached hydrogen (secondary N) is 1. The maximum atomic E-state index is 12.1. The number of aromatic nitrogens is 2. The number of nitrogens with zero attached hydrogens (tertiary/aromatic N) is 2. The molecule has 1 amide bonds. The summed E-state index contributed by atoms with van der Waals surface area (Å²) < 4.78 is 1.79. The van der Waals surface area contributed by atoms with E-state index in [1.807, 2.05) is 31.3 Å². The lowest BCUT2D eigenvalue weighted by molar-refractivity contribution is -0.139. The van der Waals surface area contributed by atoms with E-state index in [2.05, 4.69) is 10.4 Å². The summed E-state index contributed by atoms with van der Waals surface area (Å²) in [4.78, 5) is 23.1. The highest BCUT2D eigenvalue weighted by Crippen LogP contribution is 2.07. The van der Waals surface area contributed by atoms with Crippen LogP contribution in [-0.2, 0) is 11.3 Å². The van der Waals surface area contributed by atoms with Crippen molar-refractivity contribution in [3.63, 3.8) is 0 Å². The summed E-state index contributed by atoms with van der Waals surface area (Å²) in [5.41, 5.74) is 1.47. The quantitative estimate of drug-likeness (QED) is 0.818. The smallest absolute Gasteiger partial charge is 0.326 e. The van der Waals surface area contributed by atoms with E-state index in [0.717, 1.165) is 5.56 Å². The first kappa shape index (κ1) is 15.8. The fraction of sp³-hybridized carbons (Fsp3) is 0.312. The van der Waals surface area contributed by atoms with Gasteiger partial charge in [0, 0.05) is 18.0 Å². The van der Waals surface area contributed by atoms with Crippen LogP contribution in [0.4, 0.5) is 0 Å². The number of amides is 1. The Balaban J connectivity index is 2.00. The summed E-state index contributed by atoms with van der Waals surface area (Å²) >= 11 is 0. The van der Waals surface area contributed by atoms with Crippen molar-refractivity contribution in [1.82, 2.24) is 15.1 Å². The normalized spacial score (nSPS) is 11.9. The van der Waals surface area contributed by atoms with Crippen LogP contribution in [0.1, 0.15) is 35.7 Å². The number of carboxylic acid groups (broad SMARTS) is 1. The van der Waals surface area contributed by atoms with Crippen LogP contribution >= 0.6 is 0 Å².